The Morgan fingerprint density at radius 3 is 2.52 bits per heavy atom. The lowest BCUT2D eigenvalue weighted by Gasteiger charge is -2.19. The van der Waals surface area contributed by atoms with Crippen LogP contribution in [-0.4, -0.2) is 71.0 Å². The molecule has 2 N–H and O–H groups in total. The van der Waals surface area contributed by atoms with E-state index < -0.39 is 0 Å². The highest BCUT2D eigenvalue weighted by molar-refractivity contribution is 14.0. The first-order valence-corrected chi connectivity index (χ1v) is 10.2. The van der Waals surface area contributed by atoms with Crippen molar-refractivity contribution in [3.63, 3.8) is 0 Å². The molecule has 1 fully saturated rings. The molecule has 1 saturated heterocycles. The number of ether oxygens (including phenoxy) is 3. The Kier molecular flexibility index (Phi) is 13.0. The number of unbranched alkanes of at least 4 members (excludes halogenated alkanes) is 1. The zero-order chi connectivity index (χ0) is 20.2. The van der Waals surface area contributed by atoms with Gasteiger partial charge in [-0.25, -0.2) is 0 Å². The minimum absolute atomic E-state index is 0. The molecule has 1 unspecified atom stereocenters. The Morgan fingerprint density at radius 2 is 1.90 bits per heavy atom. The van der Waals surface area contributed by atoms with Crippen molar-refractivity contribution in [2.24, 2.45) is 4.99 Å². The number of benzene rings is 1. The SMILES string of the molecule is CCOCCCCNC(=NC)NC1CCN(Cc2cc(OC)cc(OC)c2)C1.I. The highest BCUT2D eigenvalue weighted by Gasteiger charge is 2.23. The van der Waals surface area contributed by atoms with Gasteiger partial charge in [0.05, 0.1) is 14.2 Å². The molecule has 1 aliphatic rings. The maximum absolute atomic E-state index is 5.38. The fourth-order valence-corrected chi connectivity index (χ4v) is 3.38. The van der Waals surface area contributed by atoms with Gasteiger partial charge in [0.1, 0.15) is 11.5 Å². The summed E-state index contributed by atoms with van der Waals surface area (Å²) >= 11 is 0. The molecule has 0 aromatic heterocycles. The molecule has 1 heterocycles. The van der Waals surface area contributed by atoms with Crippen LogP contribution >= 0.6 is 24.0 Å². The first-order valence-electron chi connectivity index (χ1n) is 10.2. The smallest absolute Gasteiger partial charge is 0.191 e. The van der Waals surface area contributed by atoms with Crippen molar-refractivity contribution in [3.8, 4) is 11.5 Å². The average molecular weight is 520 g/mol. The van der Waals surface area contributed by atoms with E-state index in [4.69, 9.17) is 14.2 Å². The fraction of sp³-hybridized carbons (Fsp3) is 0.667. The zero-order valence-corrected chi connectivity index (χ0v) is 20.5. The van der Waals surface area contributed by atoms with Gasteiger partial charge >= 0.3 is 0 Å². The van der Waals surface area contributed by atoms with E-state index in [0.29, 0.717) is 6.04 Å². The molecule has 0 radical (unpaired) electrons. The number of hydrogen-bond donors (Lipinski definition) is 2. The zero-order valence-electron chi connectivity index (χ0n) is 18.2. The Bertz CT molecular complexity index is 593. The van der Waals surface area contributed by atoms with Gasteiger partial charge in [-0.2, -0.15) is 0 Å². The summed E-state index contributed by atoms with van der Waals surface area (Å²) in [6, 6.07) is 6.46. The molecule has 0 amide bonds. The standard InChI is InChI=1S/C21H36N4O3.HI/c1-5-28-11-7-6-9-23-21(22-2)24-18-8-10-25(16-18)15-17-12-19(26-3)14-20(13-17)27-4;/h12-14,18H,5-11,15-16H2,1-4H3,(H2,22,23,24);1H. The van der Waals surface area contributed by atoms with Crippen LogP contribution in [0, 0.1) is 0 Å². The summed E-state index contributed by atoms with van der Waals surface area (Å²) in [6.07, 6.45) is 3.25. The normalized spacial score (nSPS) is 17.0. The summed E-state index contributed by atoms with van der Waals surface area (Å²) in [5, 5.41) is 6.94. The molecular weight excluding hydrogens is 483 g/mol. The van der Waals surface area contributed by atoms with Gasteiger partial charge in [0, 0.05) is 58.5 Å². The molecule has 166 valence electrons. The van der Waals surface area contributed by atoms with Crippen molar-refractivity contribution in [3.05, 3.63) is 23.8 Å². The largest absolute Gasteiger partial charge is 0.497 e. The first kappa shape index (κ1) is 25.8. The molecule has 1 aromatic carbocycles. The van der Waals surface area contributed by atoms with E-state index in [9.17, 15) is 0 Å². The third kappa shape index (κ3) is 9.39. The average Bonchev–Trinajstić information content (AvgIpc) is 3.15. The lowest BCUT2D eigenvalue weighted by molar-refractivity contribution is 0.143. The first-order chi connectivity index (χ1) is 13.7. The molecular formula is C21H37IN4O3. The number of hydrogen-bond acceptors (Lipinski definition) is 5. The number of aliphatic imine (C=N–C) groups is 1. The van der Waals surface area contributed by atoms with Crippen LogP contribution in [0.1, 0.15) is 31.7 Å². The summed E-state index contributed by atoms with van der Waals surface area (Å²) in [4.78, 5) is 6.80. The van der Waals surface area contributed by atoms with Crippen LogP contribution in [-0.2, 0) is 11.3 Å². The van der Waals surface area contributed by atoms with Gasteiger partial charge in [0.25, 0.3) is 0 Å². The second kappa shape index (κ2) is 14.7. The number of guanidine groups is 1. The molecule has 29 heavy (non-hydrogen) atoms. The Balaban J connectivity index is 0.00000420. The predicted molar refractivity (Wildman–Crippen MR) is 129 cm³/mol. The van der Waals surface area contributed by atoms with Crippen molar-refractivity contribution >= 4 is 29.9 Å². The van der Waals surface area contributed by atoms with E-state index in [1.165, 1.54) is 5.56 Å². The summed E-state index contributed by atoms with van der Waals surface area (Å²) in [5.74, 6) is 2.54. The van der Waals surface area contributed by atoms with Gasteiger partial charge in [-0.05, 0) is 43.9 Å². The van der Waals surface area contributed by atoms with Gasteiger partial charge in [-0.3, -0.25) is 9.89 Å². The van der Waals surface area contributed by atoms with Crippen LogP contribution < -0.4 is 20.1 Å². The molecule has 1 aromatic rings. The predicted octanol–water partition coefficient (Wildman–Crippen LogP) is 2.88. The van der Waals surface area contributed by atoms with Gasteiger partial charge in [0.15, 0.2) is 5.96 Å². The maximum Gasteiger partial charge on any atom is 0.191 e. The van der Waals surface area contributed by atoms with Crippen molar-refractivity contribution in [1.82, 2.24) is 15.5 Å². The van der Waals surface area contributed by atoms with Gasteiger partial charge < -0.3 is 24.8 Å². The van der Waals surface area contributed by atoms with Gasteiger partial charge in [-0.15, -0.1) is 24.0 Å². The monoisotopic (exact) mass is 520 g/mol. The highest BCUT2D eigenvalue weighted by atomic mass is 127. The number of methoxy groups -OCH3 is 2. The van der Waals surface area contributed by atoms with Crippen molar-refractivity contribution in [1.29, 1.82) is 0 Å². The highest BCUT2D eigenvalue weighted by Crippen LogP contribution is 2.24. The second-order valence-corrected chi connectivity index (χ2v) is 6.99. The molecule has 0 bridgehead atoms. The quantitative estimate of drug-likeness (QED) is 0.203. The number of nitrogens with one attached hydrogen (secondary N) is 2. The Hall–Kier alpha value is -1.26. The summed E-state index contributed by atoms with van der Waals surface area (Å²) in [6.45, 7) is 7.49. The fourth-order valence-electron chi connectivity index (χ4n) is 3.38. The lowest BCUT2D eigenvalue weighted by Crippen LogP contribution is -2.44. The third-order valence-electron chi connectivity index (χ3n) is 4.87. The van der Waals surface area contributed by atoms with Crippen LogP contribution in [0.15, 0.2) is 23.2 Å². The van der Waals surface area contributed by atoms with Crippen molar-refractivity contribution in [2.75, 3.05) is 54.1 Å². The van der Waals surface area contributed by atoms with E-state index in [0.717, 1.165) is 76.1 Å². The van der Waals surface area contributed by atoms with E-state index in [-0.39, 0.29) is 24.0 Å². The number of rotatable bonds is 11. The molecule has 0 aliphatic carbocycles. The Morgan fingerprint density at radius 1 is 1.17 bits per heavy atom. The molecule has 0 spiro atoms. The molecule has 2 rings (SSSR count). The minimum Gasteiger partial charge on any atom is -0.497 e. The number of halogens is 1. The molecule has 1 atom stereocenters. The van der Waals surface area contributed by atoms with E-state index in [2.05, 4.69) is 32.7 Å². The molecule has 8 heteroatoms. The topological polar surface area (TPSA) is 67.4 Å². The number of nitrogens with zero attached hydrogens (tertiary/aromatic N) is 2. The van der Waals surface area contributed by atoms with E-state index in [1.54, 1.807) is 14.2 Å². The third-order valence-corrected chi connectivity index (χ3v) is 4.87. The van der Waals surface area contributed by atoms with Crippen LogP contribution in [0.25, 0.3) is 0 Å². The Labute approximate surface area is 192 Å². The van der Waals surface area contributed by atoms with E-state index >= 15 is 0 Å². The summed E-state index contributed by atoms with van der Waals surface area (Å²) in [5.41, 5.74) is 1.20. The number of likely N-dealkylation sites (tertiary alicyclic amines) is 1. The second-order valence-electron chi connectivity index (χ2n) is 6.99. The van der Waals surface area contributed by atoms with Gasteiger partial charge in [-0.1, -0.05) is 0 Å². The van der Waals surface area contributed by atoms with Crippen LogP contribution in [0.5, 0.6) is 11.5 Å². The molecule has 1 aliphatic heterocycles. The maximum atomic E-state index is 5.38. The summed E-state index contributed by atoms with van der Waals surface area (Å²) < 4.78 is 16.1. The lowest BCUT2D eigenvalue weighted by atomic mass is 10.2. The molecule has 0 saturated carbocycles. The van der Waals surface area contributed by atoms with E-state index in [1.807, 2.05) is 20.0 Å². The van der Waals surface area contributed by atoms with Gasteiger partial charge in [0.2, 0.25) is 0 Å². The molecule has 7 nitrogen and oxygen atoms in total. The van der Waals surface area contributed by atoms with Crippen LogP contribution in [0.3, 0.4) is 0 Å². The minimum atomic E-state index is 0. The van der Waals surface area contributed by atoms with Crippen molar-refractivity contribution < 1.29 is 14.2 Å². The van der Waals surface area contributed by atoms with Crippen molar-refractivity contribution in [2.45, 2.75) is 38.8 Å². The summed E-state index contributed by atoms with van der Waals surface area (Å²) in [7, 11) is 5.19. The van der Waals surface area contributed by atoms with Crippen LogP contribution in [0.2, 0.25) is 0 Å². The van der Waals surface area contributed by atoms with Crippen LogP contribution in [0.4, 0.5) is 0 Å².